The molecule has 1 nitrogen and oxygen atoms in total. The van der Waals surface area contributed by atoms with Crippen molar-refractivity contribution in [3.8, 4) is 0 Å². The summed E-state index contributed by atoms with van der Waals surface area (Å²) < 4.78 is 1.13. The van der Waals surface area contributed by atoms with Gasteiger partial charge in [0.1, 0.15) is 0 Å². The van der Waals surface area contributed by atoms with Crippen LogP contribution >= 0.6 is 0 Å². The summed E-state index contributed by atoms with van der Waals surface area (Å²) in [7, 11) is 0. The van der Waals surface area contributed by atoms with Crippen LogP contribution in [0.1, 0.15) is 22.4 Å². The summed E-state index contributed by atoms with van der Waals surface area (Å²) in [6, 6.07) is 0. The quantitative estimate of drug-likeness (QED) is 0.688. The number of aryl methyl sites for hydroxylation is 1. The van der Waals surface area contributed by atoms with E-state index in [-0.39, 0.29) is 0 Å². The van der Waals surface area contributed by atoms with Gasteiger partial charge < -0.3 is 0 Å². The van der Waals surface area contributed by atoms with E-state index in [1.54, 1.807) is 0 Å². The van der Waals surface area contributed by atoms with Crippen LogP contribution < -0.4 is 0.162 Å². The van der Waals surface area contributed by atoms with Gasteiger partial charge in [-0.2, -0.15) is 0 Å². The van der Waals surface area contributed by atoms with Crippen LogP contribution in [0.2, 0.25) is 0 Å². The van der Waals surface area contributed by atoms with E-state index in [2.05, 4.69) is 79.2 Å². The fourth-order valence-corrected chi connectivity index (χ4v) is 1.79. The summed E-state index contributed by atoms with van der Waals surface area (Å²) in [5.41, 5.74) is 5.16. The number of rotatable bonds is 0. The second kappa shape index (κ2) is 3.62. The maximum absolute atomic E-state index is 4.42. The summed E-state index contributed by atoms with van der Waals surface area (Å²) in [4.78, 5) is 4.42. The molecule has 0 aliphatic heterocycles. The second-order valence-corrected chi connectivity index (χ2v) is 3.88. The van der Waals surface area contributed by atoms with E-state index in [4.69, 9.17) is 0 Å². The maximum atomic E-state index is 4.42. The van der Waals surface area contributed by atoms with E-state index >= 15 is 0 Å². The molecular formula is C9H13NXe. The molecular weight excluding hydrogens is 253 g/mol. The van der Waals surface area contributed by atoms with Gasteiger partial charge in [-0.1, -0.05) is 0 Å². The molecule has 2 heteroatoms. The minimum absolute atomic E-state index is 1.13. The van der Waals surface area contributed by atoms with Gasteiger partial charge in [-0.05, 0) is 0 Å². The number of nitrogens with zero attached hydrogens (tertiary/aromatic N) is 1. The Hall–Kier alpha value is 0.721. The summed E-state index contributed by atoms with van der Waals surface area (Å²) in [6.45, 7) is 8.46. The van der Waals surface area contributed by atoms with Crippen molar-refractivity contribution in [2.24, 2.45) is 0 Å². The Bertz CT molecular complexity index is 266. The van der Waals surface area contributed by atoms with Gasteiger partial charge in [0, 0.05) is 0 Å². The monoisotopic (exact) mass is 267 g/mol. The van der Waals surface area contributed by atoms with Crippen molar-refractivity contribution in [3.05, 3.63) is 22.4 Å². The summed E-state index contributed by atoms with van der Waals surface area (Å²) >= 11 is 2.28. The summed E-state index contributed by atoms with van der Waals surface area (Å²) in [5.74, 6) is 0. The molecule has 0 saturated carbocycles. The molecule has 0 atom stereocenters. The van der Waals surface area contributed by atoms with Crippen LogP contribution in [0.3, 0.4) is 0 Å². The average molecular weight is 266 g/mol. The van der Waals surface area contributed by atoms with E-state index in [0.29, 0.717) is 0 Å². The fourth-order valence-electron chi connectivity index (χ4n) is 1.02. The molecule has 11 heavy (non-hydrogen) atoms. The van der Waals surface area contributed by atoms with E-state index in [9.17, 15) is 0 Å². The third kappa shape index (κ3) is 1.90. The molecule has 0 spiro atoms. The van der Waals surface area contributed by atoms with Crippen molar-refractivity contribution in [3.63, 3.8) is 0 Å². The zero-order chi connectivity index (χ0) is 8.59. The van der Waals surface area contributed by atoms with Crippen molar-refractivity contribution in [2.75, 3.05) is 0 Å². The molecule has 0 amide bonds. The Morgan fingerprint density at radius 1 is 0.909 bits per heavy atom. The molecule has 0 unspecified atom stereocenters. The van der Waals surface area contributed by atoms with E-state index < -0.39 is 0 Å². The molecule has 0 aliphatic carbocycles. The normalized spacial score (nSPS) is 10.4. The number of hydrogen-bond donors (Lipinski definition) is 0. The van der Waals surface area contributed by atoms with E-state index in [1.807, 2.05) is 0 Å². The van der Waals surface area contributed by atoms with Gasteiger partial charge in [-0.25, -0.2) is 0 Å². The first kappa shape index (κ1) is 9.81. The van der Waals surface area contributed by atoms with Crippen molar-refractivity contribution in [1.82, 2.24) is 4.98 Å². The van der Waals surface area contributed by atoms with Crippen LogP contribution in [0, 0.1) is 74.2 Å². The van der Waals surface area contributed by atoms with Gasteiger partial charge in [-0.15, -0.1) is 0 Å². The number of aromatic nitrogens is 1. The van der Waals surface area contributed by atoms with Crippen molar-refractivity contribution < 1.29 is 46.5 Å². The molecule has 0 saturated heterocycles. The topological polar surface area (TPSA) is 12.9 Å². The average Bonchev–Trinajstić information content (AvgIpc) is 1.97. The minimum atomic E-state index is 1.13. The van der Waals surface area contributed by atoms with Crippen LogP contribution in [-0.4, -0.2) is 4.98 Å². The first-order chi connectivity index (χ1) is 5.04. The van der Waals surface area contributed by atoms with Crippen LogP contribution in [-0.2, 0) is 0 Å². The van der Waals surface area contributed by atoms with Gasteiger partial charge >= 0.3 is 102 Å². The Balaban J connectivity index is 3.46. The fraction of sp³-hybridized carbons (Fsp3) is 0.444. The Labute approximate surface area is 100 Å². The number of hydrogen-bond acceptors (Lipinski definition) is 1. The third-order valence-electron chi connectivity index (χ3n) is 2.24. The summed E-state index contributed by atoms with van der Waals surface area (Å²) in [6.07, 6.45) is 0. The molecule has 1 rings (SSSR count). The predicted octanol–water partition coefficient (Wildman–Crippen LogP) is 1.22. The first-order valence-corrected chi connectivity index (χ1v) is 4.71. The third-order valence-corrected chi connectivity index (χ3v) is 3.29. The van der Waals surface area contributed by atoms with Crippen LogP contribution in [0.5, 0.6) is 0 Å². The number of pyridine rings is 1. The van der Waals surface area contributed by atoms with Crippen molar-refractivity contribution in [1.29, 1.82) is 0 Å². The van der Waals surface area contributed by atoms with Crippen molar-refractivity contribution in [2.45, 2.75) is 27.7 Å². The van der Waals surface area contributed by atoms with Gasteiger partial charge in [0.2, 0.25) is 0 Å². The Morgan fingerprint density at radius 3 is 2.00 bits per heavy atom. The van der Waals surface area contributed by atoms with Gasteiger partial charge in [0.15, 0.2) is 0 Å². The molecule has 1 aromatic rings. The molecule has 0 aromatic carbocycles. The van der Waals surface area contributed by atoms with Gasteiger partial charge in [0.25, 0.3) is 0 Å². The van der Waals surface area contributed by atoms with Gasteiger partial charge in [0.05, 0.1) is 0 Å². The zero-order valence-corrected chi connectivity index (χ0v) is 9.48. The van der Waals surface area contributed by atoms with Crippen LogP contribution in [0.25, 0.3) is 0 Å². The van der Waals surface area contributed by atoms with E-state index in [1.165, 1.54) is 16.7 Å². The molecule has 1 heterocycles. The van der Waals surface area contributed by atoms with E-state index in [0.717, 1.165) is 5.86 Å². The Morgan fingerprint density at radius 2 is 1.45 bits per heavy atom. The Kier molecular flexibility index (Phi) is 3.23. The molecule has 0 aliphatic rings. The van der Waals surface area contributed by atoms with Crippen LogP contribution in [0.4, 0.5) is 0 Å². The summed E-state index contributed by atoms with van der Waals surface area (Å²) in [5, 5.41) is 0. The molecule has 62 valence electrons. The van der Waals surface area contributed by atoms with Crippen LogP contribution in [0.15, 0.2) is 0 Å². The standard InChI is InChI=1S/C9H13NXe/c1-5-6(2)8(4)10-9(11)7(5)3/h11H,1-4H3. The molecule has 0 bridgehead atoms. The molecule has 0 radical (unpaired) electrons. The molecule has 1 aromatic heterocycles. The van der Waals surface area contributed by atoms with Crippen molar-refractivity contribution >= 4 is 0.162 Å². The molecule has 0 fully saturated rings. The second-order valence-electron chi connectivity index (χ2n) is 2.86. The first-order valence-electron chi connectivity index (χ1n) is 3.64. The molecule has 0 N–H and O–H groups in total. The van der Waals surface area contributed by atoms with Gasteiger partial charge in [-0.3, -0.25) is 0 Å². The predicted molar refractivity (Wildman–Crippen MR) is 44.2 cm³/mol. The SMILES string of the molecule is Cc1nc([XeH])c(C)c(C)c1C. The zero-order valence-electron chi connectivity index (χ0n) is 7.33.